The molecular weight excluding hydrogens is 256 g/mol. The maximum Gasteiger partial charge on any atom is 0.330 e. The topological polar surface area (TPSA) is 66.5 Å². The largest absolute Gasteiger partial charge is 0.330 e. The minimum absolute atomic E-state index is 0.136. The van der Waals surface area contributed by atoms with E-state index >= 15 is 0 Å². The lowest BCUT2D eigenvalue weighted by Crippen LogP contribution is -2.65. The Kier molecular flexibility index (Phi) is 3.89. The van der Waals surface area contributed by atoms with Crippen molar-refractivity contribution in [3.63, 3.8) is 0 Å². The fourth-order valence-electron chi connectivity index (χ4n) is 3.01. The third kappa shape index (κ3) is 2.45. The molecule has 1 heterocycles. The molecule has 5 heteroatoms. The van der Waals surface area contributed by atoms with Gasteiger partial charge in [-0.25, -0.2) is 4.79 Å². The standard InChI is InChI=1S/C15H24N2O3/c1-4-14(2,3)10-17-12(19)15(8-6-5-7-9-15)11(18)16-13(17)20/h4-10H2,1-3H3,(H,16,18,20). The Morgan fingerprint density at radius 3 is 2.30 bits per heavy atom. The highest BCUT2D eigenvalue weighted by Gasteiger charge is 2.54. The Morgan fingerprint density at radius 2 is 1.75 bits per heavy atom. The molecule has 112 valence electrons. The summed E-state index contributed by atoms with van der Waals surface area (Å²) in [5, 5.41) is 2.39. The summed E-state index contributed by atoms with van der Waals surface area (Å²) in [6, 6.07) is -0.558. The molecule has 0 aromatic carbocycles. The highest BCUT2D eigenvalue weighted by atomic mass is 16.2. The van der Waals surface area contributed by atoms with Crippen molar-refractivity contribution in [3.05, 3.63) is 0 Å². The maximum atomic E-state index is 12.8. The van der Waals surface area contributed by atoms with E-state index in [-0.39, 0.29) is 11.3 Å². The van der Waals surface area contributed by atoms with Gasteiger partial charge in [0.25, 0.3) is 0 Å². The summed E-state index contributed by atoms with van der Waals surface area (Å²) in [4.78, 5) is 38.2. The molecule has 0 bridgehead atoms. The molecular formula is C15H24N2O3. The number of amides is 4. The molecule has 2 fully saturated rings. The number of carbonyl (C=O) groups excluding carboxylic acids is 3. The molecule has 4 amide bonds. The molecule has 0 unspecified atom stereocenters. The number of imide groups is 2. The van der Waals surface area contributed by atoms with Crippen molar-refractivity contribution in [1.82, 2.24) is 10.2 Å². The molecule has 1 aliphatic carbocycles. The van der Waals surface area contributed by atoms with Crippen LogP contribution in [0.2, 0.25) is 0 Å². The summed E-state index contributed by atoms with van der Waals surface area (Å²) in [6.07, 6.45) is 4.79. The second-order valence-corrected chi connectivity index (χ2v) is 6.81. The van der Waals surface area contributed by atoms with Crippen molar-refractivity contribution in [2.75, 3.05) is 6.54 Å². The normalized spacial score (nSPS) is 23.1. The lowest BCUT2D eigenvalue weighted by Gasteiger charge is -2.43. The summed E-state index contributed by atoms with van der Waals surface area (Å²) in [5.41, 5.74) is -1.13. The first-order chi connectivity index (χ1) is 9.32. The van der Waals surface area contributed by atoms with Crippen molar-refractivity contribution in [2.24, 2.45) is 10.8 Å². The highest BCUT2D eigenvalue weighted by molar-refractivity contribution is 6.19. The minimum Gasteiger partial charge on any atom is -0.277 e. The van der Waals surface area contributed by atoms with E-state index in [0.29, 0.717) is 19.4 Å². The van der Waals surface area contributed by atoms with Gasteiger partial charge in [0.05, 0.1) is 0 Å². The van der Waals surface area contributed by atoms with Crippen LogP contribution >= 0.6 is 0 Å². The van der Waals surface area contributed by atoms with Crippen molar-refractivity contribution in [3.8, 4) is 0 Å². The number of hydrogen-bond acceptors (Lipinski definition) is 3. The molecule has 1 saturated carbocycles. The summed E-state index contributed by atoms with van der Waals surface area (Å²) in [5.74, 6) is -0.676. The Bertz CT molecular complexity index is 436. The number of nitrogens with one attached hydrogen (secondary N) is 1. The van der Waals surface area contributed by atoms with Gasteiger partial charge in [0, 0.05) is 6.54 Å². The van der Waals surface area contributed by atoms with Gasteiger partial charge >= 0.3 is 6.03 Å². The first-order valence-corrected chi connectivity index (χ1v) is 7.50. The molecule has 2 rings (SSSR count). The van der Waals surface area contributed by atoms with Crippen LogP contribution in [0.15, 0.2) is 0 Å². The Hall–Kier alpha value is -1.39. The number of urea groups is 1. The van der Waals surface area contributed by atoms with E-state index in [9.17, 15) is 14.4 Å². The van der Waals surface area contributed by atoms with Gasteiger partial charge in [-0.2, -0.15) is 0 Å². The number of rotatable bonds is 3. The predicted molar refractivity (Wildman–Crippen MR) is 74.8 cm³/mol. The molecule has 0 atom stereocenters. The number of hydrogen-bond donors (Lipinski definition) is 1. The van der Waals surface area contributed by atoms with Gasteiger partial charge in [0.2, 0.25) is 11.8 Å². The molecule has 0 aromatic rings. The summed E-state index contributed by atoms with van der Waals surface area (Å²) >= 11 is 0. The van der Waals surface area contributed by atoms with Crippen LogP contribution in [0, 0.1) is 10.8 Å². The van der Waals surface area contributed by atoms with Crippen LogP contribution in [0.5, 0.6) is 0 Å². The van der Waals surface area contributed by atoms with Crippen LogP contribution < -0.4 is 5.32 Å². The molecule has 2 aliphatic rings. The first kappa shape index (κ1) is 15.0. The van der Waals surface area contributed by atoms with Crippen molar-refractivity contribution in [1.29, 1.82) is 0 Å². The van der Waals surface area contributed by atoms with Gasteiger partial charge in [-0.3, -0.25) is 19.8 Å². The van der Waals surface area contributed by atoms with Crippen LogP contribution in [0.4, 0.5) is 4.79 Å². The second-order valence-electron chi connectivity index (χ2n) is 6.81. The van der Waals surface area contributed by atoms with Crippen LogP contribution in [0.1, 0.15) is 59.3 Å². The van der Waals surface area contributed by atoms with E-state index in [2.05, 4.69) is 5.32 Å². The molecule has 1 spiro atoms. The Balaban J connectivity index is 2.27. The average molecular weight is 280 g/mol. The van der Waals surface area contributed by atoms with E-state index in [0.717, 1.165) is 25.7 Å². The van der Waals surface area contributed by atoms with E-state index < -0.39 is 17.4 Å². The highest BCUT2D eigenvalue weighted by Crippen LogP contribution is 2.40. The van der Waals surface area contributed by atoms with Gasteiger partial charge in [0.1, 0.15) is 5.41 Å². The summed E-state index contributed by atoms with van der Waals surface area (Å²) in [6.45, 7) is 6.45. The quantitative estimate of drug-likeness (QED) is 0.807. The zero-order chi connectivity index (χ0) is 15.0. The minimum atomic E-state index is -0.990. The van der Waals surface area contributed by atoms with E-state index in [1.54, 1.807) is 0 Å². The van der Waals surface area contributed by atoms with Gasteiger partial charge in [-0.05, 0) is 24.7 Å². The molecule has 1 saturated heterocycles. The smallest absolute Gasteiger partial charge is 0.277 e. The third-order valence-electron chi connectivity index (χ3n) is 4.81. The third-order valence-corrected chi connectivity index (χ3v) is 4.81. The van der Waals surface area contributed by atoms with Gasteiger partial charge in [0.15, 0.2) is 0 Å². The van der Waals surface area contributed by atoms with E-state index in [4.69, 9.17) is 0 Å². The van der Waals surface area contributed by atoms with Crippen LogP contribution in [-0.2, 0) is 9.59 Å². The van der Waals surface area contributed by atoms with E-state index in [1.165, 1.54) is 4.90 Å². The molecule has 1 aliphatic heterocycles. The van der Waals surface area contributed by atoms with Crippen LogP contribution in [0.25, 0.3) is 0 Å². The Morgan fingerprint density at radius 1 is 1.15 bits per heavy atom. The SMILES string of the molecule is CCC(C)(C)CN1C(=O)NC(=O)C2(CCCCC2)C1=O. The molecule has 0 aromatic heterocycles. The average Bonchev–Trinajstić information content (AvgIpc) is 2.43. The van der Waals surface area contributed by atoms with Crippen molar-refractivity contribution in [2.45, 2.75) is 59.3 Å². The molecule has 0 radical (unpaired) electrons. The number of carbonyl (C=O) groups is 3. The number of barbiturate groups is 1. The summed E-state index contributed by atoms with van der Waals surface area (Å²) < 4.78 is 0. The van der Waals surface area contributed by atoms with Gasteiger partial charge in [-0.1, -0.05) is 40.0 Å². The fourth-order valence-corrected chi connectivity index (χ4v) is 3.01. The Labute approximate surface area is 120 Å². The van der Waals surface area contributed by atoms with E-state index in [1.807, 2.05) is 20.8 Å². The second kappa shape index (κ2) is 5.19. The van der Waals surface area contributed by atoms with Crippen molar-refractivity contribution < 1.29 is 14.4 Å². The lowest BCUT2D eigenvalue weighted by atomic mass is 9.71. The fraction of sp³-hybridized carbons (Fsp3) is 0.800. The molecule has 1 N–H and O–H groups in total. The first-order valence-electron chi connectivity index (χ1n) is 7.50. The lowest BCUT2D eigenvalue weighted by molar-refractivity contribution is -0.154. The van der Waals surface area contributed by atoms with Gasteiger partial charge in [-0.15, -0.1) is 0 Å². The zero-order valence-corrected chi connectivity index (χ0v) is 12.6. The predicted octanol–water partition coefficient (Wildman–Crippen LogP) is 2.45. The number of nitrogens with zero attached hydrogens (tertiary/aromatic N) is 1. The molecule has 5 nitrogen and oxygen atoms in total. The van der Waals surface area contributed by atoms with Gasteiger partial charge < -0.3 is 0 Å². The monoisotopic (exact) mass is 280 g/mol. The van der Waals surface area contributed by atoms with Crippen LogP contribution in [-0.4, -0.2) is 29.3 Å². The van der Waals surface area contributed by atoms with Crippen molar-refractivity contribution >= 4 is 17.8 Å². The molecule has 20 heavy (non-hydrogen) atoms. The zero-order valence-electron chi connectivity index (χ0n) is 12.6. The summed E-state index contributed by atoms with van der Waals surface area (Å²) in [7, 11) is 0. The maximum absolute atomic E-state index is 12.8. The van der Waals surface area contributed by atoms with Crippen LogP contribution in [0.3, 0.4) is 0 Å².